The van der Waals surface area contributed by atoms with Gasteiger partial charge in [0.15, 0.2) is 5.78 Å². The number of hydrogen-bond donors (Lipinski definition) is 1. The zero-order chi connectivity index (χ0) is 7.68. The Hall–Kier alpha value is -1.25. The molecule has 0 aromatic carbocycles. The first-order valence-corrected chi connectivity index (χ1v) is 3.73. The molecule has 1 N–H and O–H groups in total. The topological polar surface area (TPSA) is 38.3 Å². The van der Waals surface area contributed by atoms with Crippen LogP contribution in [0.4, 0.5) is 0 Å². The molecule has 0 radical (unpaired) electrons. The molecule has 0 saturated carbocycles. The molecule has 1 aliphatic heterocycles. The highest BCUT2D eigenvalue weighted by molar-refractivity contribution is 5.99. The third kappa shape index (κ3) is 1.02. The summed E-state index contributed by atoms with van der Waals surface area (Å²) in [7, 11) is 0. The average molecular weight is 151 g/mol. The number of nitrogens with one attached hydrogen (secondary N) is 1. The fourth-order valence-corrected chi connectivity index (χ4v) is 1.35. The van der Waals surface area contributed by atoms with Crippen molar-refractivity contribution in [3.8, 4) is 0 Å². The van der Waals surface area contributed by atoms with Gasteiger partial charge >= 0.3 is 0 Å². The van der Waals surface area contributed by atoms with Crippen LogP contribution in [0, 0.1) is 0 Å². The van der Waals surface area contributed by atoms with E-state index < -0.39 is 0 Å². The summed E-state index contributed by atoms with van der Waals surface area (Å²) >= 11 is 0. The van der Waals surface area contributed by atoms with Crippen molar-refractivity contribution in [3.63, 3.8) is 0 Å². The Morgan fingerprint density at radius 2 is 2.36 bits per heavy atom. The van der Waals surface area contributed by atoms with Gasteiger partial charge in [-0.1, -0.05) is 0 Å². The molecule has 58 valence electrons. The van der Waals surface area contributed by atoms with Gasteiger partial charge in [-0.3, -0.25) is 4.79 Å². The molecule has 3 nitrogen and oxygen atoms in total. The number of carbonyl (C=O) groups excluding carboxylic acids is 1. The molecule has 0 spiro atoms. The van der Waals surface area contributed by atoms with Gasteiger partial charge in [0.2, 0.25) is 0 Å². The Morgan fingerprint density at radius 1 is 1.45 bits per heavy atom. The maximum atomic E-state index is 11.2. The van der Waals surface area contributed by atoms with Crippen molar-refractivity contribution in [2.45, 2.75) is 19.3 Å². The molecule has 0 atom stereocenters. The molecule has 0 aromatic rings. The Bertz CT molecular complexity index is 253. The second-order valence-electron chi connectivity index (χ2n) is 2.67. The molecule has 2 rings (SSSR count). The highest BCUT2D eigenvalue weighted by Crippen LogP contribution is 2.24. The average Bonchev–Trinajstić information content (AvgIpc) is 2.06. The molecule has 3 heteroatoms. The van der Waals surface area contributed by atoms with Crippen LogP contribution in [-0.2, 0) is 9.63 Å². The Balaban J connectivity index is 2.35. The largest absolute Gasteiger partial charge is 0.386 e. The molecule has 0 fully saturated rings. The predicted octanol–water partition coefficient (Wildman–Crippen LogP) is 1.04. The lowest BCUT2D eigenvalue weighted by Gasteiger charge is -2.19. The van der Waals surface area contributed by atoms with E-state index in [1.54, 1.807) is 12.3 Å². The lowest BCUT2D eigenvalue weighted by Crippen LogP contribution is -2.20. The molecule has 1 aliphatic carbocycles. The highest BCUT2D eigenvalue weighted by atomic mass is 16.6. The molecular weight excluding hydrogens is 142 g/mol. The van der Waals surface area contributed by atoms with Crippen molar-refractivity contribution in [1.29, 1.82) is 0 Å². The van der Waals surface area contributed by atoms with Gasteiger partial charge in [0.05, 0.1) is 5.57 Å². The Kier molecular flexibility index (Phi) is 1.42. The monoisotopic (exact) mass is 151 g/mol. The zero-order valence-electron chi connectivity index (χ0n) is 6.09. The Labute approximate surface area is 64.7 Å². The van der Waals surface area contributed by atoms with Crippen LogP contribution >= 0.6 is 0 Å². The number of hydrogen-bond acceptors (Lipinski definition) is 3. The van der Waals surface area contributed by atoms with Crippen LogP contribution in [0.1, 0.15) is 19.3 Å². The summed E-state index contributed by atoms with van der Waals surface area (Å²) in [6.07, 6.45) is 5.86. The van der Waals surface area contributed by atoms with Gasteiger partial charge in [-0.05, 0) is 12.5 Å². The molecule has 0 unspecified atom stereocenters. The zero-order valence-corrected chi connectivity index (χ0v) is 6.09. The van der Waals surface area contributed by atoms with Crippen LogP contribution in [0.2, 0.25) is 0 Å². The van der Waals surface area contributed by atoms with E-state index in [1.165, 1.54) is 0 Å². The summed E-state index contributed by atoms with van der Waals surface area (Å²) in [6.45, 7) is 0. The molecule has 1 heterocycles. The maximum Gasteiger partial charge on any atom is 0.166 e. The first-order valence-electron chi connectivity index (χ1n) is 3.73. The molecule has 0 saturated heterocycles. The van der Waals surface area contributed by atoms with Crippen molar-refractivity contribution in [3.05, 3.63) is 23.6 Å². The minimum absolute atomic E-state index is 0.198. The van der Waals surface area contributed by atoms with E-state index in [0.717, 1.165) is 24.2 Å². The minimum atomic E-state index is 0.198. The third-order valence-corrected chi connectivity index (χ3v) is 1.91. The lowest BCUT2D eigenvalue weighted by molar-refractivity contribution is -0.116. The van der Waals surface area contributed by atoms with E-state index >= 15 is 0 Å². The van der Waals surface area contributed by atoms with Crippen LogP contribution in [-0.4, -0.2) is 5.78 Å². The number of Topliss-reactive ketones (excluding diaryl/α,β-unsaturated/α-hetero) is 1. The number of carbonyl (C=O) groups is 1. The van der Waals surface area contributed by atoms with Crippen LogP contribution in [0.25, 0.3) is 0 Å². The third-order valence-electron chi connectivity index (χ3n) is 1.91. The van der Waals surface area contributed by atoms with Crippen LogP contribution in [0.3, 0.4) is 0 Å². The van der Waals surface area contributed by atoms with E-state index in [4.69, 9.17) is 4.84 Å². The molecule has 0 bridgehead atoms. The van der Waals surface area contributed by atoms with Crippen LogP contribution < -0.4 is 5.48 Å². The van der Waals surface area contributed by atoms with E-state index in [2.05, 4.69) is 5.48 Å². The van der Waals surface area contributed by atoms with Gasteiger partial charge in [0.1, 0.15) is 5.76 Å². The number of ketones is 1. The van der Waals surface area contributed by atoms with Crippen molar-refractivity contribution < 1.29 is 9.63 Å². The predicted molar refractivity (Wildman–Crippen MR) is 39.2 cm³/mol. The van der Waals surface area contributed by atoms with Gasteiger partial charge in [-0.15, -0.1) is 0 Å². The number of rotatable bonds is 0. The second kappa shape index (κ2) is 2.42. The SMILES string of the molecule is O=C1CCCC2=C1C=CNO2. The first-order chi connectivity index (χ1) is 5.38. The standard InChI is InChI=1S/C8H9NO2/c10-7-2-1-3-8-6(7)4-5-9-11-8/h4-5,9H,1-3H2. The summed E-state index contributed by atoms with van der Waals surface area (Å²) < 4.78 is 0. The van der Waals surface area contributed by atoms with Crippen LogP contribution in [0.15, 0.2) is 23.6 Å². The molecule has 11 heavy (non-hydrogen) atoms. The van der Waals surface area contributed by atoms with Gasteiger partial charge in [-0.2, -0.15) is 0 Å². The van der Waals surface area contributed by atoms with E-state index in [-0.39, 0.29) is 5.78 Å². The minimum Gasteiger partial charge on any atom is -0.386 e. The summed E-state index contributed by atoms with van der Waals surface area (Å²) in [4.78, 5) is 16.3. The van der Waals surface area contributed by atoms with E-state index in [0.29, 0.717) is 6.42 Å². The van der Waals surface area contributed by atoms with Crippen molar-refractivity contribution >= 4 is 5.78 Å². The summed E-state index contributed by atoms with van der Waals surface area (Å²) in [5.74, 6) is 0.993. The van der Waals surface area contributed by atoms with Gasteiger partial charge in [0, 0.05) is 19.0 Å². The summed E-state index contributed by atoms with van der Waals surface area (Å²) in [5.41, 5.74) is 3.36. The number of hydroxylamine groups is 1. The molecule has 0 aromatic heterocycles. The van der Waals surface area contributed by atoms with Gasteiger partial charge in [0.25, 0.3) is 0 Å². The maximum absolute atomic E-state index is 11.2. The second-order valence-corrected chi connectivity index (χ2v) is 2.67. The van der Waals surface area contributed by atoms with Gasteiger partial charge < -0.3 is 4.84 Å². The fraction of sp³-hybridized carbons (Fsp3) is 0.375. The van der Waals surface area contributed by atoms with Crippen molar-refractivity contribution in [2.24, 2.45) is 0 Å². The summed E-state index contributed by atoms with van der Waals surface area (Å²) in [5, 5.41) is 0. The fourth-order valence-electron chi connectivity index (χ4n) is 1.35. The smallest absolute Gasteiger partial charge is 0.166 e. The number of allylic oxidation sites excluding steroid dienone is 3. The van der Waals surface area contributed by atoms with E-state index in [1.807, 2.05) is 0 Å². The van der Waals surface area contributed by atoms with Crippen LogP contribution in [0.5, 0.6) is 0 Å². The molecule has 0 amide bonds. The van der Waals surface area contributed by atoms with Gasteiger partial charge in [-0.25, -0.2) is 5.48 Å². The first kappa shape index (κ1) is 6.46. The molecule has 2 aliphatic rings. The summed E-state index contributed by atoms with van der Waals surface area (Å²) in [6, 6.07) is 0. The lowest BCUT2D eigenvalue weighted by atomic mass is 9.96. The van der Waals surface area contributed by atoms with Crippen molar-refractivity contribution in [1.82, 2.24) is 5.48 Å². The normalized spacial score (nSPS) is 22.4. The van der Waals surface area contributed by atoms with E-state index in [9.17, 15) is 4.79 Å². The quantitative estimate of drug-likeness (QED) is 0.562. The molecular formula is C8H9NO2. The Morgan fingerprint density at radius 3 is 3.18 bits per heavy atom. The van der Waals surface area contributed by atoms with Crippen molar-refractivity contribution in [2.75, 3.05) is 0 Å². The highest BCUT2D eigenvalue weighted by Gasteiger charge is 2.21.